The second-order valence-electron chi connectivity index (χ2n) is 5.95. The molecule has 118 valence electrons. The fraction of sp³-hybridized carbons (Fsp3) is 0.353. The van der Waals surface area contributed by atoms with Crippen molar-refractivity contribution < 1.29 is 0 Å². The molecule has 6 heteroatoms. The minimum absolute atomic E-state index is 0.944. The molecule has 2 aromatic heterocycles. The van der Waals surface area contributed by atoms with Crippen LogP contribution >= 0.6 is 0 Å². The van der Waals surface area contributed by atoms with Crippen LogP contribution in [0.25, 0.3) is 11.0 Å². The van der Waals surface area contributed by atoms with Gasteiger partial charge < -0.3 is 14.4 Å². The molecule has 1 fully saturated rings. The predicted octanol–water partition coefficient (Wildman–Crippen LogP) is 2.00. The third-order valence-corrected chi connectivity index (χ3v) is 4.44. The van der Waals surface area contributed by atoms with Crippen molar-refractivity contribution in [1.82, 2.24) is 19.5 Å². The first kappa shape index (κ1) is 14.0. The molecule has 1 aromatic carbocycles. The number of fused-ring (bicyclic) bond motifs is 1. The van der Waals surface area contributed by atoms with Gasteiger partial charge in [-0.3, -0.25) is 0 Å². The second kappa shape index (κ2) is 5.53. The number of para-hydroxylation sites is 2. The van der Waals surface area contributed by atoms with Crippen LogP contribution in [0.4, 0.5) is 11.8 Å². The van der Waals surface area contributed by atoms with Gasteiger partial charge in [-0.15, -0.1) is 0 Å². The predicted molar refractivity (Wildman–Crippen MR) is 91.9 cm³/mol. The number of aromatic nitrogens is 4. The lowest BCUT2D eigenvalue weighted by Crippen LogP contribution is -2.47. The van der Waals surface area contributed by atoms with Gasteiger partial charge in [-0.1, -0.05) is 12.1 Å². The van der Waals surface area contributed by atoms with Crippen molar-refractivity contribution in [2.75, 3.05) is 36.0 Å². The summed E-state index contributed by atoms with van der Waals surface area (Å²) in [6, 6.07) is 10.3. The summed E-state index contributed by atoms with van der Waals surface area (Å²) in [5.74, 6) is 2.06. The lowest BCUT2D eigenvalue weighted by Gasteiger charge is -2.35. The van der Waals surface area contributed by atoms with E-state index in [1.54, 1.807) is 6.33 Å². The van der Waals surface area contributed by atoms with Crippen LogP contribution in [0.5, 0.6) is 0 Å². The number of aryl methyl sites for hydroxylation is 2. The van der Waals surface area contributed by atoms with E-state index in [-0.39, 0.29) is 0 Å². The van der Waals surface area contributed by atoms with E-state index in [2.05, 4.69) is 49.6 Å². The number of benzene rings is 1. The zero-order valence-corrected chi connectivity index (χ0v) is 13.5. The molecule has 0 N–H and O–H groups in total. The van der Waals surface area contributed by atoms with E-state index >= 15 is 0 Å². The molecule has 1 aliphatic rings. The van der Waals surface area contributed by atoms with Gasteiger partial charge in [0, 0.05) is 45.0 Å². The maximum atomic E-state index is 4.79. The Kier molecular flexibility index (Phi) is 3.37. The number of imidazole rings is 1. The molecule has 0 bridgehead atoms. The fourth-order valence-corrected chi connectivity index (χ4v) is 3.16. The van der Waals surface area contributed by atoms with E-state index in [0.717, 1.165) is 49.2 Å². The Hall–Kier alpha value is -2.63. The molecule has 1 aliphatic heterocycles. The van der Waals surface area contributed by atoms with E-state index < -0.39 is 0 Å². The molecule has 4 rings (SSSR count). The second-order valence-corrected chi connectivity index (χ2v) is 5.95. The summed E-state index contributed by atoms with van der Waals surface area (Å²) in [5, 5.41) is 0. The van der Waals surface area contributed by atoms with Crippen molar-refractivity contribution in [2.45, 2.75) is 6.92 Å². The molecule has 0 atom stereocenters. The summed E-state index contributed by atoms with van der Waals surface area (Å²) < 4.78 is 2.18. The quantitative estimate of drug-likeness (QED) is 0.725. The Bertz CT molecular complexity index is 832. The van der Waals surface area contributed by atoms with E-state index in [1.165, 1.54) is 5.52 Å². The lowest BCUT2D eigenvalue weighted by atomic mass is 10.3. The summed E-state index contributed by atoms with van der Waals surface area (Å²) >= 11 is 0. The monoisotopic (exact) mass is 308 g/mol. The van der Waals surface area contributed by atoms with Crippen molar-refractivity contribution >= 4 is 22.8 Å². The van der Waals surface area contributed by atoms with E-state index in [9.17, 15) is 0 Å². The largest absolute Gasteiger partial charge is 0.353 e. The molecule has 23 heavy (non-hydrogen) atoms. The normalized spacial score (nSPS) is 15.4. The zero-order chi connectivity index (χ0) is 15.8. The molecule has 0 spiro atoms. The molecule has 6 nitrogen and oxygen atoms in total. The first-order valence-corrected chi connectivity index (χ1v) is 7.92. The minimum atomic E-state index is 0.944. The SMILES string of the molecule is Cc1cc(N2CCN(c3nc4ccccc4n3C)CC2)ncn1. The van der Waals surface area contributed by atoms with Gasteiger partial charge in [-0.25, -0.2) is 15.0 Å². The Morgan fingerprint density at radius 2 is 1.70 bits per heavy atom. The highest BCUT2D eigenvalue weighted by Crippen LogP contribution is 2.23. The topological polar surface area (TPSA) is 50.1 Å². The lowest BCUT2D eigenvalue weighted by molar-refractivity contribution is 0.626. The van der Waals surface area contributed by atoms with Crippen molar-refractivity contribution in [2.24, 2.45) is 7.05 Å². The number of hydrogen-bond donors (Lipinski definition) is 0. The molecule has 0 amide bonds. The van der Waals surface area contributed by atoms with E-state index in [4.69, 9.17) is 4.98 Å². The Labute approximate surface area is 135 Å². The van der Waals surface area contributed by atoms with Gasteiger partial charge in [0.25, 0.3) is 0 Å². The van der Waals surface area contributed by atoms with Gasteiger partial charge >= 0.3 is 0 Å². The fourth-order valence-electron chi connectivity index (χ4n) is 3.16. The highest BCUT2D eigenvalue weighted by Gasteiger charge is 2.22. The average molecular weight is 308 g/mol. The molecule has 1 saturated heterocycles. The molecular weight excluding hydrogens is 288 g/mol. The van der Waals surface area contributed by atoms with Gasteiger partial charge in [0.2, 0.25) is 5.95 Å². The third-order valence-electron chi connectivity index (χ3n) is 4.44. The highest BCUT2D eigenvalue weighted by molar-refractivity contribution is 5.78. The standard InChI is InChI=1S/C17H20N6/c1-13-11-16(19-12-18-13)22-7-9-23(10-8-22)17-20-14-5-3-4-6-15(14)21(17)2/h3-6,11-12H,7-10H2,1-2H3. The Morgan fingerprint density at radius 1 is 0.957 bits per heavy atom. The number of nitrogens with zero attached hydrogens (tertiary/aromatic N) is 6. The van der Waals surface area contributed by atoms with Gasteiger partial charge in [0.1, 0.15) is 12.1 Å². The van der Waals surface area contributed by atoms with Crippen LogP contribution in [0.1, 0.15) is 5.69 Å². The maximum absolute atomic E-state index is 4.79. The number of rotatable bonds is 2. The van der Waals surface area contributed by atoms with E-state index in [0.29, 0.717) is 0 Å². The molecule has 0 radical (unpaired) electrons. The van der Waals surface area contributed by atoms with Crippen LogP contribution < -0.4 is 9.80 Å². The van der Waals surface area contributed by atoms with Gasteiger partial charge in [-0.05, 0) is 19.1 Å². The number of piperazine rings is 1. The smallest absolute Gasteiger partial charge is 0.206 e. The van der Waals surface area contributed by atoms with Gasteiger partial charge in [0.05, 0.1) is 11.0 Å². The zero-order valence-electron chi connectivity index (χ0n) is 13.5. The van der Waals surface area contributed by atoms with Gasteiger partial charge in [-0.2, -0.15) is 0 Å². The number of anilines is 2. The maximum Gasteiger partial charge on any atom is 0.206 e. The summed E-state index contributed by atoms with van der Waals surface area (Å²) in [5.41, 5.74) is 3.24. The first-order chi connectivity index (χ1) is 11.2. The Morgan fingerprint density at radius 3 is 2.43 bits per heavy atom. The summed E-state index contributed by atoms with van der Waals surface area (Å²) in [6.07, 6.45) is 1.64. The minimum Gasteiger partial charge on any atom is -0.353 e. The van der Waals surface area contributed by atoms with Crippen LogP contribution in [-0.2, 0) is 7.05 Å². The molecule has 3 heterocycles. The molecular formula is C17H20N6. The van der Waals surface area contributed by atoms with E-state index in [1.807, 2.05) is 19.1 Å². The number of hydrogen-bond acceptors (Lipinski definition) is 5. The van der Waals surface area contributed by atoms with Crippen molar-refractivity contribution in [3.05, 3.63) is 42.4 Å². The molecule has 0 saturated carbocycles. The average Bonchev–Trinajstić information content (AvgIpc) is 2.92. The highest BCUT2D eigenvalue weighted by atomic mass is 15.4. The van der Waals surface area contributed by atoms with Crippen LogP contribution in [0, 0.1) is 6.92 Å². The van der Waals surface area contributed by atoms with Crippen LogP contribution in [0.15, 0.2) is 36.7 Å². The molecule has 0 unspecified atom stereocenters. The third kappa shape index (κ3) is 2.50. The van der Waals surface area contributed by atoms with Gasteiger partial charge in [0.15, 0.2) is 0 Å². The van der Waals surface area contributed by atoms with Crippen LogP contribution in [-0.4, -0.2) is 45.7 Å². The van der Waals surface area contributed by atoms with Crippen LogP contribution in [0.2, 0.25) is 0 Å². The Balaban J connectivity index is 1.54. The van der Waals surface area contributed by atoms with Crippen LogP contribution in [0.3, 0.4) is 0 Å². The first-order valence-electron chi connectivity index (χ1n) is 7.92. The van der Waals surface area contributed by atoms with Crippen molar-refractivity contribution in [1.29, 1.82) is 0 Å². The summed E-state index contributed by atoms with van der Waals surface area (Å²) in [6.45, 7) is 5.78. The molecule has 3 aromatic rings. The summed E-state index contributed by atoms with van der Waals surface area (Å²) in [4.78, 5) is 18.0. The summed E-state index contributed by atoms with van der Waals surface area (Å²) in [7, 11) is 2.09. The van der Waals surface area contributed by atoms with Crippen molar-refractivity contribution in [3.63, 3.8) is 0 Å². The molecule has 0 aliphatic carbocycles. The van der Waals surface area contributed by atoms with Crippen molar-refractivity contribution in [3.8, 4) is 0 Å².